The van der Waals surface area contributed by atoms with Crippen molar-refractivity contribution in [1.29, 1.82) is 0 Å². The van der Waals surface area contributed by atoms with Gasteiger partial charge in [0.25, 0.3) is 5.89 Å². The lowest BCUT2D eigenvalue weighted by Gasteiger charge is -2.37. The molecule has 0 saturated heterocycles. The summed E-state index contributed by atoms with van der Waals surface area (Å²) in [7, 11) is 0. The van der Waals surface area contributed by atoms with Crippen LogP contribution in [0.2, 0.25) is 5.02 Å². The minimum absolute atomic E-state index is 0.304. The molecule has 2 aromatic heterocycles. The van der Waals surface area contributed by atoms with Gasteiger partial charge in [-0.2, -0.15) is 4.98 Å². The lowest BCUT2D eigenvalue weighted by atomic mass is 9.94. The van der Waals surface area contributed by atoms with Gasteiger partial charge >= 0.3 is 0 Å². The Hall–Kier alpha value is -3.07. The summed E-state index contributed by atoms with van der Waals surface area (Å²) in [4.78, 5) is 7.58. The Kier molecular flexibility index (Phi) is 5.97. The maximum Gasteiger partial charge on any atom is 0.258 e. The normalized spacial score (nSPS) is 16.3. The molecule has 5 nitrogen and oxygen atoms in total. The summed E-state index contributed by atoms with van der Waals surface area (Å²) in [6.45, 7) is 2.52. The lowest BCUT2D eigenvalue weighted by Crippen LogP contribution is -2.45. The first-order chi connectivity index (χ1) is 16.0. The van der Waals surface area contributed by atoms with E-state index in [9.17, 15) is 4.39 Å². The largest absolute Gasteiger partial charge is 0.351 e. The molecule has 0 amide bonds. The standard InChI is InChI=1S/C24H18ClFN4OS2/c1-14-20(23-28-22(29-31-23)19-3-2-12-33-19)21(16-6-10-18(26)11-7-16)27-24(32)30(14)13-15-4-8-17(25)9-5-15/h2-12,21H,13H2,1H3,(H,27,32). The molecule has 0 saturated carbocycles. The van der Waals surface area contributed by atoms with Crippen molar-refractivity contribution in [2.75, 3.05) is 0 Å². The molecule has 1 aliphatic heterocycles. The molecule has 1 unspecified atom stereocenters. The first-order valence-corrected chi connectivity index (χ1v) is 11.8. The molecule has 0 spiro atoms. The molecule has 1 atom stereocenters. The van der Waals surface area contributed by atoms with E-state index in [1.807, 2.05) is 53.6 Å². The predicted octanol–water partition coefficient (Wildman–Crippen LogP) is 6.45. The van der Waals surface area contributed by atoms with E-state index in [1.165, 1.54) is 23.5 Å². The molecular formula is C24H18ClFN4OS2. The zero-order valence-corrected chi connectivity index (χ0v) is 19.8. The van der Waals surface area contributed by atoms with Crippen LogP contribution in [0.4, 0.5) is 4.39 Å². The molecule has 9 heteroatoms. The van der Waals surface area contributed by atoms with Crippen LogP contribution in [0, 0.1) is 5.82 Å². The Bertz CT molecular complexity index is 1320. The quantitative estimate of drug-likeness (QED) is 0.320. The molecule has 3 heterocycles. The molecule has 0 aliphatic carbocycles. The Balaban J connectivity index is 1.59. The number of allylic oxidation sites excluding steroid dienone is 1. The van der Waals surface area contributed by atoms with E-state index in [2.05, 4.69) is 15.5 Å². The summed E-state index contributed by atoms with van der Waals surface area (Å²) in [5.74, 6) is 0.610. The fourth-order valence-corrected chi connectivity index (χ4v) is 4.86. The summed E-state index contributed by atoms with van der Waals surface area (Å²) >= 11 is 13.3. The number of benzene rings is 2. The average molecular weight is 497 g/mol. The average Bonchev–Trinajstić information content (AvgIpc) is 3.50. The molecule has 1 N–H and O–H groups in total. The fourth-order valence-electron chi connectivity index (χ4n) is 3.77. The van der Waals surface area contributed by atoms with Crippen molar-refractivity contribution in [2.45, 2.75) is 19.5 Å². The van der Waals surface area contributed by atoms with Gasteiger partial charge in [0.05, 0.1) is 16.5 Å². The topological polar surface area (TPSA) is 54.2 Å². The van der Waals surface area contributed by atoms with Gasteiger partial charge in [0.2, 0.25) is 5.82 Å². The molecule has 5 rings (SSSR count). The molecule has 0 radical (unpaired) electrons. The third kappa shape index (κ3) is 4.42. The van der Waals surface area contributed by atoms with Gasteiger partial charge in [0.15, 0.2) is 5.11 Å². The second kappa shape index (κ2) is 9.05. The number of aromatic nitrogens is 2. The summed E-state index contributed by atoms with van der Waals surface area (Å²) in [6.07, 6.45) is 0. The molecule has 0 bridgehead atoms. The third-order valence-corrected chi connectivity index (χ3v) is 6.91. The van der Waals surface area contributed by atoms with Gasteiger partial charge in [-0.3, -0.25) is 0 Å². The van der Waals surface area contributed by atoms with Gasteiger partial charge in [-0.1, -0.05) is 47.1 Å². The number of hydrogen-bond donors (Lipinski definition) is 1. The van der Waals surface area contributed by atoms with E-state index < -0.39 is 0 Å². The zero-order valence-electron chi connectivity index (χ0n) is 17.5. The molecule has 166 valence electrons. The van der Waals surface area contributed by atoms with Gasteiger partial charge in [-0.15, -0.1) is 11.3 Å². The molecule has 0 fully saturated rings. The van der Waals surface area contributed by atoms with Gasteiger partial charge in [0.1, 0.15) is 5.82 Å². The van der Waals surface area contributed by atoms with E-state index in [0.29, 0.717) is 28.4 Å². The number of nitrogens with zero attached hydrogens (tertiary/aromatic N) is 3. The van der Waals surface area contributed by atoms with Crippen molar-refractivity contribution in [3.63, 3.8) is 0 Å². The van der Waals surface area contributed by atoms with Gasteiger partial charge < -0.3 is 14.7 Å². The molecule has 33 heavy (non-hydrogen) atoms. The van der Waals surface area contributed by atoms with Crippen molar-refractivity contribution in [1.82, 2.24) is 20.4 Å². The minimum Gasteiger partial charge on any atom is -0.351 e. The van der Waals surface area contributed by atoms with Crippen molar-refractivity contribution in [3.8, 4) is 10.7 Å². The number of thiophene rings is 1. The highest BCUT2D eigenvalue weighted by molar-refractivity contribution is 7.80. The first kappa shape index (κ1) is 21.8. The van der Waals surface area contributed by atoms with E-state index in [4.69, 9.17) is 28.3 Å². The number of nitrogens with one attached hydrogen (secondary N) is 1. The van der Waals surface area contributed by atoms with Crippen molar-refractivity contribution >= 4 is 45.8 Å². The van der Waals surface area contributed by atoms with Crippen molar-refractivity contribution in [3.05, 3.63) is 99.6 Å². The fraction of sp³-hybridized carbons (Fsp3) is 0.125. The number of rotatable bonds is 5. The molecular weight excluding hydrogens is 479 g/mol. The minimum atomic E-state index is -0.365. The molecule has 4 aromatic rings. The Morgan fingerprint density at radius 1 is 1.15 bits per heavy atom. The summed E-state index contributed by atoms with van der Waals surface area (Å²) in [6, 6.07) is 17.5. The second-order valence-corrected chi connectivity index (χ2v) is 9.32. The number of hydrogen-bond acceptors (Lipinski definition) is 5. The highest BCUT2D eigenvalue weighted by Crippen LogP contribution is 2.38. The van der Waals surface area contributed by atoms with Crippen LogP contribution in [-0.4, -0.2) is 20.2 Å². The van der Waals surface area contributed by atoms with E-state index in [-0.39, 0.29) is 11.9 Å². The van der Waals surface area contributed by atoms with E-state index >= 15 is 0 Å². The van der Waals surface area contributed by atoms with Crippen LogP contribution in [-0.2, 0) is 6.54 Å². The SMILES string of the molecule is CC1=C(c2nc(-c3cccs3)no2)C(c2ccc(F)cc2)NC(=S)N1Cc1ccc(Cl)cc1. The Labute approximate surface area is 204 Å². The van der Waals surface area contributed by atoms with Crippen LogP contribution < -0.4 is 5.32 Å². The van der Waals surface area contributed by atoms with Crippen molar-refractivity contribution in [2.24, 2.45) is 0 Å². The molecule has 1 aliphatic rings. The number of halogens is 2. The van der Waals surface area contributed by atoms with E-state index in [1.54, 1.807) is 12.1 Å². The highest BCUT2D eigenvalue weighted by atomic mass is 35.5. The molecule has 2 aromatic carbocycles. The van der Waals surface area contributed by atoms with Crippen LogP contribution in [0.15, 0.2) is 76.3 Å². The summed E-state index contributed by atoms with van der Waals surface area (Å²) in [5, 5.41) is 10.8. The Morgan fingerprint density at radius 2 is 1.91 bits per heavy atom. The van der Waals surface area contributed by atoms with Gasteiger partial charge in [-0.25, -0.2) is 4.39 Å². The number of thiocarbonyl (C=S) groups is 1. The Morgan fingerprint density at radius 3 is 2.61 bits per heavy atom. The zero-order chi connectivity index (χ0) is 22.9. The predicted molar refractivity (Wildman–Crippen MR) is 132 cm³/mol. The smallest absolute Gasteiger partial charge is 0.258 e. The van der Waals surface area contributed by atoms with Gasteiger partial charge in [-0.05, 0) is 66.0 Å². The first-order valence-electron chi connectivity index (χ1n) is 10.2. The van der Waals surface area contributed by atoms with Crippen LogP contribution in [0.25, 0.3) is 16.3 Å². The highest BCUT2D eigenvalue weighted by Gasteiger charge is 2.34. The van der Waals surface area contributed by atoms with Crippen molar-refractivity contribution < 1.29 is 8.91 Å². The lowest BCUT2D eigenvalue weighted by molar-refractivity contribution is 0.396. The summed E-state index contributed by atoms with van der Waals surface area (Å²) in [5.41, 5.74) is 3.56. The summed E-state index contributed by atoms with van der Waals surface area (Å²) < 4.78 is 19.3. The maximum atomic E-state index is 13.6. The van der Waals surface area contributed by atoms with Crippen LogP contribution in [0.3, 0.4) is 0 Å². The van der Waals surface area contributed by atoms with Crippen LogP contribution >= 0.6 is 35.2 Å². The maximum absolute atomic E-state index is 13.6. The third-order valence-electron chi connectivity index (χ3n) is 5.45. The monoisotopic (exact) mass is 496 g/mol. The van der Waals surface area contributed by atoms with Crippen LogP contribution in [0.5, 0.6) is 0 Å². The van der Waals surface area contributed by atoms with Crippen LogP contribution in [0.1, 0.15) is 30.0 Å². The van der Waals surface area contributed by atoms with Gasteiger partial charge in [0, 0.05) is 17.3 Å². The van der Waals surface area contributed by atoms with E-state index in [0.717, 1.165) is 27.3 Å². The second-order valence-electron chi connectivity index (χ2n) is 7.55.